The van der Waals surface area contributed by atoms with Crippen LogP contribution < -0.4 is 19.9 Å². The fourth-order valence-corrected chi connectivity index (χ4v) is 5.91. The molecular weight excluding hydrogens is 506 g/mol. The summed E-state index contributed by atoms with van der Waals surface area (Å²) in [6, 6.07) is 3.65. The lowest BCUT2D eigenvalue weighted by atomic mass is 10.2. The number of aromatic nitrogens is 5. The van der Waals surface area contributed by atoms with Gasteiger partial charge < -0.3 is 24.2 Å². The summed E-state index contributed by atoms with van der Waals surface area (Å²) >= 11 is 1.34. The molecule has 0 saturated heterocycles. The molecule has 3 aromatic heterocycles. The van der Waals surface area contributed by atoms with Crippen LogP contribution in [0, 0.1) is 5.92 Å². The minimum absolute atomic E-state index is 0.0321. The lowest BCUT2D eigenvalue weighted by molar-refractivity contribution is 0.174. The Labute approximate surface area is 211 Å². The number of imidazole rings is 1. The maximum atomic E-state index is 12.4. The van der Waals surface area contributed by atoms with E-state index in [1.165, 1.54) is 24.4 Å². The van der Waals surface area contributed by atoms with Gasteiger partial charge in [-0.3, -0.25) is 0 Å². The van der Waals surface area contributed by atoms with Crippen LogP contribution in [0.25, 0.3) is 22.6 Å². The number of oxazole rings is 1. The van der Waals surface area contributed by atoms with E-state index in [2.05, 4.69) is 24.7 Å². The van der Waals surface area contributed by atoms with Gasteiger partial charge in [0.25, 0.3) is 0 Å². The zero-order valence-electron chi connectivity index (χ0n) is 19.7. The number of ether oxygens (including phenoxy) is 2. The van der Waals surface area contributed by atoms with Gasteiger partial charge in [0.05, 0.1) is 17.5 Å². The summed E-state index contributed by atoms with van der Waals surface area (Å²) in [7, 11) is -3.41. The summed E-state index contributed by atoms with van der Waals surface area (Å²) in [5, 5.41) is 0.566. The third-order valence-corrected chi connectivity index (χ3v) is 7.85. The van der Waals surface area contributed by atoms with Gasteiger partial charge in [0.1, 0.15) is 12.6 Å². The Morgan fingerprint density at radius 2 is 2.00 bits per heavy atom. The molecule has 12 nitrogen and oxygen atoms in total. The largest absolute Gasteiger partial charge is 0.454 e. The molecular formula is C22H25N7O5S2. The lowest BCUT2D eigenvalue weighted by Gasteiger charge is -2.12. The number of fused-ring (bicyclic) bond motifs is 2. The zero-order valence-corrected chi connectivity index (χ0v) is 21.3. The molecule has 0 bridgehead atoms. The number of hydrogen-bond donors (Lipinski definition) is 2. The van der Waals surface area contributed by atoms with E-state index in [9.17, 15) is 8.42 Å². The molecule has 0 spiro atoms. The molecule has 1 aromatic carbocycles. The summed E-state index contributed by atoms with van der Waals surface area (Å²) in [5.74, 6) is 2.04. The van der Waals surface area contributed by atoms with Crippen molar-refractivity contribution >= 4 is 38.8 Å². The van der Waals surface area contributed by atoms with Crippen molar-refractivity contribution in [2.45, 2.75) is 36.9 Å². The Kier molecular flexibility index (Phi) is 6.73. The summed E-state index contributed by atoms with van der Waals surface area (Å²) in [4.78, 5) is 18.1. The molecule has 5 rings (SSSR count). The maximum absolute atomic E-state index is 12.4. The van der Waals surface area contributed by atoms with E-state index in [1.54, 1.807) is 6.20 Å². The fourth-order valence-electron chi connectivity index (χ4n) is 3.62. The van der Waals surface area contributed by atoms with Crippen molar-refractivity contribution in [1.82, 2.24) is 29.2 Å². The van der Waals surface area contributed by atoms with Crippen LogP contribution in [0.5, 0.6) is 11.5 Å². The molecule has 1 aliphatic rings. The van der Waals surface area contributed by atoms with Crippen molar-refractivity contribution < 1.29 is 22.3 Å². The number of nitrogens with zero attached hydrogens (tertiary/aromatic N) is 5. The molecule has 0 amide bonds. The van der Waals surface area contributed by atoms with Crippen molar-refractivity contribution in [2.75, 3.05) is 24.8 Å². The second-order valence-electron chi connectivity index (χ2n) is 8.53. The molecule has 0 saturated carbocycles. The monoisotopic (exact) mass is 531 g/mol. The van der Waals surface area contributed by atoms with Crippen LogP contribution in [-0.4, -0.2) is 52.0 Å². The minimum Gasteiger partial charge on any atom is -0.454 e. The number of nitrogens with two attached hydrogens (primary N) is 1. The predicted molar refractivity (Wildman–Crippen MR) is 133 cm³/mol. The van der Waals surface area contributed by atoms with Gasteiger partial charge in [0.2, 0.25) is 22.7 Å². The van der Waals surface area contributed by atoms with Gasteiger partial charge in [0.15, 0.2) is 33.6 Å². The Balaban J connectivity index is 1.48. The van der Waals surface area contributed by atoms with Gasteiger partial charge in [0, 0.05) is 18.0 Å². The summed E-state index contributed by atoms with van der Waals surface area (Å²) in [5.41, 5.74) is 7.74. The van der Waals surface area contributed by atoms with Crippen LogP contribution in [-0.2, 0) is 16.6 Å². The van der Waals surface area contributed by atoms with Gasteiger partial charge in [-0.2, -0.15) is 0 Å². The van der Waals surface area contributed by atoms with E-state index >= 15 is 0 Å². The van der Waals surface area contributed by atoms with Crippen LogP contribution in [0.15, 0.2) is 45.4 Å². The van der Waals surface area contributed by atoms with Gasteiger partial charge in [-0.25, -0.2) is 33.1 Å². The quantitative estimate of drug-likeness (QED) is 0.310. The highest BCUT2D eigenvalue weighted by Crippen LogP contribution is 2.44. The van der Waals surface area contributed by atoms with Crippen LogP contribution in [0.3, 0.4) is 0 Å². The number of nitrogen functional groups attached to an aromatic ring is 1. The number of sulfonamides is 1. The number of hydrogen-bond acceptors (Lipinski definition) is 11. The van der Waals surface area contributed by atoms with Crippen molar-refractivity contribution in [3.05, 3.63) is 30.9 Å². The van der Waals surface area contributed by atoms with Crippen molar-refractivity contribution in [2.24, 2.45) is 5.92 Å². The normalized spacial score (nSPS) is 13.2. The first kappa shape index (κ1) is 24.3. The number of benzene rings is 1. The molecule has 1 aliphatic heterocycles. The van der Waals surface area contributed by atoms with Crippen LogP contribution >= 0.6 is 11.8 Å². The highest BCUT2D eigenvalue weighted by molar-refractivity contribution is 7.99. The van der Waals surface area contributed by atoms with Gasteiger partial charge in [-0.15, -0.1) is 0 Å². The molecule has 190 valence electrons. The Bertz CT molecular complexity index is 1490. The Hall–Kier alpha value is -3.36. The maximum Gasteiger partial charge on any atom is 0.231 e. The van der Waals surface area contributed by atoms with E-state index in [0.29, 0.717) is 58.8 Å². The first-order valence-corrected chi connectivity index (χ1v) is 13.7. The summed E-state index contributed by atoms with van der Waals surface area (Å²) < 4.78 is 46.0. The number of aryl methyl sites for hydroxylation is 1. The van der Waals surface area contributed by atoms with Crippen LogP contribution in [0.1, 0.15) is 20.3 Å². The molecule has 4 heterocycles. The molecule has 0 unspecified atom stereocenters. The molecule has 0 radical (unpaired) electrons. The van der Waals surface area contributed by atoms with E-state index in [0.717, 1.165) is 4.90 Å². The Morgan fingerprint density at radius 1 is 1.19 bits per heavy atom. The number of nitrogens with one attached hydrogen (secondary N) is 1. The average Bonchev–Trinajstić information content (AvgIpc) is 3.58. The smallest absolute Gasteiger partial charge is 0.231 e. The highest BCUT2D eigenvalue weighted by Gasteiger charge is 2.24. The SMILES string of the molecule is CC(C)CNS(=O)(=O)CCCn1c(Sc2cc3c(cc2-c2ncco2)OCO3)nc2c(N)ncnc21. The second kappa shape index (κ2) is 9.95. The van der Waals surface area contributed by atoms with E-state index in [1.807, 2.05) is 30.5 Å². The van der Waals surface area contributed by atoms with Crippen LogP contribution in [0.4, 0.5) is 5.82 Å². The Morgan fingerprint density at radius 3 is 2.75 bits per heavy atom. The zero-order chi connectivity index (χ0) is 25.3. The third-order valence-electron chi connectivity index (χ3n) is 5.37. The lowest BCUT2D eigenvalue weighted by Crippen LogP contribution is -2.30. The van der Waals surface area contributed by atoms with E-state index in [-0.39, 0.29) is 24.3 Å². The van der Waals surface area contributed by atoms with Crippen molar-refractivity contribution in [3.8, 4) is 23.0 Å². The van der Waals surface area contributed by atoms with E-state index < -0.39 is 10.0 Å². The standard InChI is InChI=1S/C22H25N7O5S2/c1-13(2)10-27-36(30,31)7-3-5-29-20-18(19(23)25-11-26-20)28-22(29)35-17-9-16-15(33-12-34-16)8-14(17)21-24-4-6-32-21/h4,6,8-9,11,13,27H,3,5,7,10,12H2,1-2H3,(H2,23,25,26). The predicted octanol–water partition coefficient (Wildman–Crippen LogP) is 2.91. The van der Waals surface area contributed by atoms with E-state index in [4.69, 9.17) is 19.6 Å². The average molecular weight is 532 g/mol. The molecule has 14 heteroatoms. The molecule has 36 heavy (non-hydrogen) atoms. The van der Waals surface area contributed by atoms with Gasteiger partial charge in [-0.05, 0) is 24.5 Å². The molecule has 0 atom stereocenters. The van der Waals surface area contributed by atoms with Crippen molar-refractivity contribution in [1.29, 1.82) is 0 Å². The summed E-state index contributed by atoms with van der Waals surface area (Å²) in [6.45, 7) is 4.79. The third kappa shape index (κ3) is 5.10. The summed E-state index contributed by atoms with van der Waals surface area (Å²) in [6.07, 6.45) is 4.77. The molecule has 4 aromatic rings. The first-order valence-electron chi connectivity index (χ1n) is 11.3. The highest BCUT2D eigenvalue weighted by atomic mass is 32.2. The van der Waals surface area contributed by atoms with Gasteiger partial charge in [-0.1, -0.05) is 25.6 Å². The van der Waals surface area contributed by atoms with Crippen molar-refractivity contribution in [3.63, 3.8) is 0 Å². The first-order chi connectivity index (χ1) is 17.3. The topological polar surface area (TPSA) is 160 Å². The molecule has 0 aliphatic carbocycles. The molecule has 0 fully saturated rings. The fraction of sp³-hybridized carbons (Fsp3) is 0.364. The second-order valence-corrected chi connectivity index (χ2v) is 11.5. The molecule has 3 N–H and O–H groups in total. The van der Waals surface area contributed by atoms with Crippen LogP contribution in [0.2, 0.25) is 0 Å². The minimum atomic E-state index is -3.41. The number of rotatable bonds is 10. The van der Waals surface area contributed by atoms with Gasteiger partial charge >= 0.3 is 0 Å². The number of anilines is 1.